The summed E-state index contributed by atoms with van der Waals surface area (Å²) in [6.07, 6.45) is 6.29. The maximum atomic E-state index is 13.3. The molecular weight excluding hydrogens is 893 g/mol. The summed E-state index contributed by atoms with van der Waals surface area (Å²) in [4.78, 5) is 50.5. The molecule has 16 nitrogen and oxygen atoms in total. The molecule has 2 N–H and O–H groups in total. The van der Waals surface area contributed by atoms with Crippen molar-refractivity contribution in [1.82, 2.24) is 10.6 Å². The van der Waals surface area contributed by atoms with Gasteiger partial charge in [-0.1, -0.05) is 72.2 Å². The van der Waals surface area contributed by atoms with Crippen molar-refractivity contribution < 1.29 is 66.5 Å². The molecule has 0 aliphatic heterocycles. The van der Waals surface area contributed by atoms with E-state index >= 15 is 0 Å². The Balaban J connectivity index is 1.91. The second-order valence-electron chi connectivity index (χ2n) is 15.9. The predicted molar refractivity (Wildman–Crippen MR) is 259 cm³/mol. The molecule has 0 aromatic heterocycles. The normalized spacial score (nSPS) is 11.1. The van der Waals surface area contributed by atoms with Crippen LogP contribution in [0.15, 0.2) is 74.9 Å². The van der Waals surface area contributed by atoms with Gasteiger partial charge in [-0.2, -0.15) is 0 Å². The number of rotatable bonds is 35. The molecule has 2 rings (SSSR count). The first-order valence-corrected chi connectivity index (χ1v) is 23.9. The van der Waals surface area contributed by atoms with E-state index in [1.54, 1.807) is 112 Å². The zero-order valence-electron chi connectivity index (χ0n) is 39.3. The first-order valence-electron chi connectivity index (χ1n) is 21.4. The van der Waals surface area contributed by atoms with Crippen molar-refractivity contribution in [3.63, 3.8) is 0 Å². The van der Waals surface area contributed by atoms with Gasteiger partial charge in [-0.05, 0) is 65.8 Å². The predicted octanol–water partition coefficient (Wildman–Crippen LogP) is 7.46. The molecule has 0 unspecified atom stereocenters. The molecule has 2 amide bonds. The Morgan fingerprint density at radius 2 is 0.788 bits per heavy atom. The van der Waals surface area contributed by atoms with Crippen LogP contribution in [0.1, 0.15) is 62.3 Å². The highest BCUT2D eigenvalue weighted by Gasteiger charge is 2.24. The minimum absolute atomic E-state index is 0.120. The fraction of sp³-hybridized carbons (Fsp3) is 0.500. The third kappa shape index (κ3) is 22.3. The average molecular weight is 961 g/mol. The van der Waals surface area contributed by atoms with E-state index in [0.29, 0.717) is 47.2 Å². The van der Waals surface area contributed by atoms with Gasteiger partial charge < -0.3 is 58.0 Å². The fourth-order valence-electron chi connectivity index (χ4n) is 4.89. The number of amides is 2. The third-order valence-electron chi connectivity index (χ3n) is 8.11. The highest BCUT2D eigenvalue weighted by molar-refractivity contribution is 8.76. The molecule has 0 saturated heterocycles. The van der Waals surface area contributed by atoms with Gasteiger partial charge in [0, 0.05) is 35.7 Å². The second kappa shape index (κ2) is 31.6. The van der Waals surface area contributed by atoms with Gasteiger partial charge in [0.05, 0.1) is 37.3 Å². The Bertz CT molecular complexity index is 1680. The molecule has 0 radical (unpaired) electrons. The molecule has 0 aliphatic rings. The summed E-state index contributed by atoms with van der Waals surface area (Å²) in [6, 6.07) is 6.30. The molecule has 0 spiro atoms. The lowest BCUT2D eigenvalue weighted by Crippen LogP contribution is -2.26. The Labute approximate surface area is 397 Å². The molecule has 0 bridgehead atoms. The first kappa shape index (κ1) is 56.8. The summed E-state index contributed by atoms with van der Waals surface area (Å²) >= 11 is 0. The largest absolute Gasteiger partial charge is 0.485 e. The number of ether oxygens (including phenoxy) is 10. The van der Waals surface area contributed by atoms with E-state index < -0.39 is 10.8 Å². The van der Waals surface area contributed by atoms with E-state index in [0.717, 1.165) is 0 Å². The second-order valence-corrected chi connectivity index (χ2v) is 18.6. The van der Waals surface area contributed by atoms with Crippen LogP contribution < -0.4 is 39.1 Å². The van der Waals surface area contributed by atoms with E-state index in [4.69, 9.17) is 47.4 Å². The monoisotopic (exact) mass is 960 g/mol. The minimum Gasteiger partial charge on any atom is -0.485 e. The lowest BCUT2D eigenvalue weighted by Gasteiger charge is -2.18. The van der Waals surface area contributed by atoms with E-state index in [1.165, 1.54) is 0 Å². The van der Waals surface area contributed by atoms with Crippen LogP contribution in [0.2, 0.25) is 0 Å². The van der Waals surface area contributed by atoms with Crippen molar-refractivity contribution >= 4 is 45.3 Å². The smallest absolute Gasteiger partial charge is 0.311 e. The fourth-order valence-corrected chi connectivity index (χ4v) is 6.70. The van der Waals surface area contributed by atoms with Gasteiger partial charge in [0.2, 0.25) is 11.5 Å². The first-order chi connectivity index (χ1) is 31.6. The SMILES string of the molecule is C=CCOc1cc(C(=O)NCCSSCCNC(=O)c2cc(OCC=C)c(OCCOCCOC(=O)C(C)(C)C)c(OCC=C)c2)cc(OCC=C)c1OCCOCCOC(=O)C(C)(C)C. The average Bonchev–Trinajstić information content (AvgIpc) is 3.28. The summed E-state index contributed by atoms with van der Waals surface area (Å²) in [5, 5.41) is 5.84. The Kier molecular flexibility index (Phi) is 27.2. The molecular formula is C48H68N2O14S2. The lowest BCUT2D eigenvalue weighted by atomic mass is 9.97. The van der Waals surface area contributed by atoms with Crippen molar-refractivity contribution in [3.8, 4) is 34.5 Å². The van der Waals surface area contributed by atoms with Crippen molar-refractivity contribution in [2.24, 2.45) is 10.8 Å². The van der Waals surface area contributed by atoms with Gasteiger partial charge in [-0.15, -0.1) is 0 Å². The van der Waals surface area contributed by atoms with Crippen LogP contribution in [0.4, 0.5) is 0 Å². The number of carbonyl (C=O) groups is 4. The van der Waals surface area contributed by atoms with Crippen LogP contribution in [0, 0.1) is 10.8 Å². The summed E-state index contributed by atoms with van der Waals surface area (Å²) in [7, 11) is 3.09. The van der Waals surface area contributed by atoms with E-state index in [9.17, 15) is 19.2 Å². The highest BCUT2D eigenvalue weighted by Crippen LogP contribution is 2.40. The van der Waals surface area contributed by atoms with Crippen LogP contribution >= 0.6 is 21.6 Å². The van der Waals surface area contributed by atoms with Crippen LogP contribution in [-0.4, -0.2) is 128 Å². The zero-order chi connectivity index (χ0) is 48.8. The van der Waals surface area contributed by atoms with Crippen molar-refractivity contribution in [3.05, 3.63) is 86.0 Å². The van der Waals surface area contributed by atoms with Gasteiger partial charge in [0.1, 0.15) is 52.9 Å². The minimum atomic E-state index is -0.597. The summed E-state index contributed by atoms with van der Waals surface area (Å²) in [5.74, 6) is 1.60. The number of hydrogen-bond acceptors (Lipinski definition) is 16. The molecule has 0 heterocycles. The highest BCUT2D eigenvalue weighted by atomic mass is 33.1. The number of benzene rings is 2. The quantitative estimate of drug-likeness (QED) is 0.0300. The van der Waals surface area contributed by atoms with E-state index in [2.05, 4.69) is 36.9 Å². The van der Waals surface area contributed by atoms with Crippen LogP contribution in [0.25, 0.3) is 0 Å². The third-order valence-corrected chi connectivity index (χ3v) is 10.5. The molecule has 366 valence electrons. The van der Waals surface area contributed by atoms with Crippen LogP contribution in [-0.2, 0) is 28.5 Å². The van der Waals surface area contributed by atoms with Crippen molar-refractivity contribution in [2.75, 3.05) is 104 Å². The van der Waals surface area contributed by atoms with Gasteiger partial charge in [0.15, 0.2) is 23.0 Å². The topological polar surface area (TPSA) is 185 Å². The molecule has 0 fully saturated rings. The van der Waals surface area contributed by atoms with Crippen molar-refractivity contribution in [2.45, 2.75) is 41.5 Å². The van der Waals surface area contributed by atoms with Gasteiger partial charge >= 0.3 is 11.9 Å². The number of carbonyl (C=O) groups excluding carboxylic acids is 4. The molecule has 0 aliphatic carbocycles. The molecule has 0 saturated carbocycles. The Hall–Kier alpha value is -5.30. The van der Waals surface area contributed by atoms with Gasteiger partial charge in [-0.3, -0.25) is 19.2 Å². The van der Waals surface area contributed by atoms with E-state index in [-0.39, 0.29) is 126 Å². The van der Waals surface area contributed by atoms with Crippen LogP contribution in [0.3, 0.4) is 0 Å². The molecule has 66 heavy (non-hydrogen) atoms. The molecule has 2 aromatic carbocycles. The standard InChI is InChI=1S/C48H68N2O14S2/c1-11-17-57-37-31-35(32-38(58-18-12-2)41(37)61-25-21-55-23-27-63-45(53)47(5,6)7)43(51)49-15-29-65-66-30-16-50-44(52)36-33-39(59-19-13-3)42(40(34-36)60-20-14-4)62-26-22-56-24-28-64-46(54)48(8,9)10/h11-14,31-34H,1-4,15-30H2,5-10H3,(H,49,51)(H,50,52). The molecule has 18 heteroatoms. The summed E-state index contributed by atoms with van der Waals surface area (Å²) in [5.41, 5.74) is -0.592. The number of esters is 2. The summed E-state index contributed by atoms with van der Waals surface area (Å²) in [6.45, 7) is 28.2. The Morgan fingerprint density at radius 1 is 0.485 bits per heavy atom. The number of hydrogen-bond donors (Lipinski definition) is 2. The van der Waals surface area contributed by atoms with Crippen LogP contribution in [0.5, 0.6) is 34.5 Å². The lowest BCUT2D eigenvalue weighted by molar-refractivity contribution is -0.155. The van der Waals surface area contributed by atoms with Gasteiger partial charge in [0.25, 0.3) is 11.8 Å². The maximum absolute atomic E-state index is 13.3. The van der Waals surface area contributed by atoms with Gasteiger partial charge in [-0.25, -0.2) is 0 Å². The zero-order valence-corrected chi connectivity index (χ0v) is 40.9. The maximum Gasteiger partial charge on any atom is 0.311 e. The van der Waals surface area contributed by atoms with E-state index in [1.807, 2.05) is 0 Å². The molecule has 2 aromatic rings. The summed E-state index contributed by atoms with van der Waals surface area (Å²) < 4.78 is 57.0. The number of nitrogens with one attached hydrogen (secondary N) is 2. The molecule has 0 atom stereocenters. The van der Waals surface area contributed by atoms with Crippen molar-refractivity contribution in [1.29, 1.82) is 0 Å². The Morgan fingerprint density at radius 3 is 1.08 bits per heavy atom.